The third-order valence-electron chi connectivity index (χ3n) is 5.20. The highest BCUT2D eigenvalue weighted by atomic mass is 35.5. The number of thiazole rings is 1. The molecule has 7 nitrogen and oxygen atoms in total. The summed E-state index contributed by atoms with van der Waals surface area (Å²) in [6, 6.07) is 8.35. The van der Waals surface area contributed by atoms with Crippen molar-refractivity contribution in [2.24, 2.45) is 0 Å². The zero-order valence-electron chi connectivity index (χ0n) is 14.7. The monoisotopic (exact) mass is 410 g/mol. The molecule has 1 fully saturated rings. The number of nitrogens with zero attached hydrogens (tertiary/aromatic N) is 5. The van der Waals surface area contributed by atoms with Gasteiger partial charge in [-0.15, -0.1) is 11.3 Å². The number of rotatable bonds is 4. The van der Waals surface area contributed by atoms with E-state index < -0.39 is 0 Å². The summed E-state index contributed by atoms with van der Waals surface area (Å²) in [7, 11) is 0. The number of nitrogens with two attached hydrogens (primary N) is 1. The second-order valence-corrected chi connectivity index (χ2v) is 8.19. The quantitative estimate of drug-likeness (QED) is 0.533. The average molecular weight is 411 g/mol. The fraction of sp³-hybridized carbons (Fsp3) is 0.211. The van der Waals surface area contributed by atoms with Gasteiger partial charge >= 0.3 is 0 Å². The molecule has 1 aliphatic carbocycles. The van der Waals surface area contributed by atoms with Gasteiger partial charge in [-0.05, 0) is 24.0 Å². The first-order valence-corrected chi connectivity index (χ1v) is 10.0. The van der Waals surface area contributed by atoms with Crippen molar-refractivity contribution in [3.63, 3.8) is 0 Å². The van der Waals surface area contributed by atoms with Crippen molar-refractivity contribution in [3.8, 4) is 22.7 Å². The average Bonchev–Trinajstić information content (AvgIpc) is 3.32. The van der Waals surface area contributed by atoms with Gasteiger partial charge in [0.1, 0.15) is 5.69 Å². The van der Waals surface area contributed by atoms with Gasteiger partial charge in [0, 0.05) is 23.3 Å². The second-order valence-electron chi connectivity index (χ2n) is 6.75. The van der Waals surface area contributed by atoms with Crippen LogP contribution in [-0.2, 0) is 5.41 Å². The maximum absolute atomic E-state index is 5.92. The molecule has 0 amide bonds. The lowest BCUT2D eigenvalue weighted by Crippen LogP contribution is -2.36. The minimum Gasteiger partial charge on any atom is -0.368 e. The molecule has 9 heteroatoms. The molecule has 0 spiro atoms. The van der Waals surface area contributed by atoms with E-state index in [2.05, 4.69) is 49.4 Å². The largest absolute Gasteiger partial charge is 0.368 e. The Kier molecular flexibility index (Phi) is 4.10. The van der Waals surface area contributed by atoms with Crippen molar-refractivity contribution in [3.05, 3.63) is 57.9 Å². The van der Waals surface area contributed by atoms with Crippen LogP contribution in [0.4, 0.5) is 5.95 Å². The van der Waals surface area contributed by atoms with Gasteiger partial charge in [-0.1, -0.05) is 47.4 Å². The number of anilines is 1. The van der Waals surface area contributed by atoms with Crippen LogP contribution >= 0.6 is 22.9 Å². The highest BCUT2D eigenvalue weighted by molar-refractivity contribution is 7.14. The van der Waals surface area contributed by atoms with E-state index >= 15 is 0 Å². The fourth-order valence-electron chi connectivity index (χ4n) is 3.51. The molecule has 1 aromatic carbocycles. The SMILES string of the molecule is Nc1ncc(-c2ccc(C3(c4noc(-c5csc(Cl)n5)n4)CCC3)cc2)cn1. The zero-order chi connectivity index (χ0) is 19.1. The molecule has 0 unspecified atom stereocenters. The Morgan fingerprint density at radius 2 is 1.79 bits per heavy atom. The molecule has 1 aliphatic rings. The summed E-state index contributed by atoms with van der Waals surface area (Å²) < 4.78 is 5.92. The number of hydrogen-bond acceptors (Lipinski definition) is 8. The van der Waals surface area contributed by atoms with Crippen LogP contribution in [0.3, 0.4) is 0 Å². The van der Waals surface area contributed by atoms with Crippen molar-refractivity contribution in [2.75, 3.05) is 5.73 Å². The smallest absolute Gasteiger partial charge is 0.277 e. The summed E-state index contributed by atoms with van der Waals surface area (Å²) in [6.07, 6.45) is 6.53. The van der Waals surface area contributed by atoms with Gasteiger partial charge < -0.3 is 10.3 Å². The molecule has 0 radical (unpaired) electrons. The van der Waals surface area contributed by atoms with Crippen LogP contribution in [0, 0.1) is 0 Å². The Bertz CT molecular complexity index is 1120. The van der Waals surface area contributed by atoms with E-state index in [4.69, 9.17) is 21.9 Å². The highest BCUT2D eigenvalue weighted by Crippen LogP contribution is 2.48. The summed E-state index contributed by atoms with van der Waals surface area (Å²) >= 11 is 7.26. The molecule has 0 aliphatic heterocycles. The zero-order valence-corrected chi connectivity index (χ0v) is 16.2. The predicted molar refractivity (Wildman–Crippen MR) is 107 cm³/mol. The Morgan fingerprint density at radius 1 is 1.04 bits per heavy atom. The normalized spacial score (nSPS) is 15.3. The Hall–Kier alpha value is -2.84. The summed E-state index contributed by atoms with van der Waals surface area (Å²) in [6.45, 7) is 0. The predicted octanol–water partition coefficient (Wildman–Crippen LogP) is 4.36. The number of nitrogen functional groups attached to an aromatic ring is 1. The summed E-state index contributed by atoms with van der Waals surface area (Å²) in [4.78, 5) is 16.9. The van der Waals surface area contributed by atoms with Crippen molar-refractivity contribution >= 4 is 28.9 Å². The number of benzene rings is 1. The van der Waals surface area contributed by atoms with E-state index in [1.165, 1.54) is 16.9 Å². The standard InChI is InChI=1S/C19H15ClN6OS/c20-17-24-14(10-28-17)15-25-16(26-27-15)19(6-1-7-19)13-4-2-11(3-5-13)12-8-22-18(21)23-9-12/h2-5,8-10H,1,6-7H2,(H2,21,22,23). The van der Waals surface area contributed by atoms with Crippen LogP contribution in [-0.4, -0.2) is 25.1 Å². The van der Waals surface area contributed by atoms with Gasteiger partial charge in [-0.3, -0.25) is 0 Å². The highest BCUT2D eigenvalue weighted by Gasteiger charge is 2.44. The van der Waals surface area contributed by atoms with Crippen LogP contribution in [0.1, 0.15) is 30.7 Å². The number of aromatic nitrogens is 5. The number of hydrogen-bond donors (Lipinski definition) is 1. The molecule has 1 saturated carbocycles. The van der Waals surface area contributed by atoms with Crippen LogP contribution in [0.2, 0.25) is 4.47 Å². The Labute approximate surface area is 169 Å². The molecule has 0 atom stereocenters. The van der Waals surface area contributed by atoms with Crippen molar-refractivity contribution in [1.29, 1.82) is 0 Å². The van der Waals surface area contributed by atoms with Crippen LogP contribution in [0.5, 0.6) is 0 Å². The molecule has 140 valence electrons. The minimum atomic E-state index is -0.224. The van der Waals surface area contributed by atoms with E-state index in [0.29, 0.717) is 21.9 Å². The molecule has 0 bridgehead atoms. The molecule has 0 saturated heterocycles. The summed E-state index contributed by atoms with van der Waals surface area (Å²) in [5, 5.41) is 6.08. The third-order valence-corrected chi connectivity index (χ3v) is 6.18. The van der Waals surface area contributed by atoms with Gasteiger partial charge in [-0.25, -0.2) is 15.0 Å². The molecule has 3 heterocycles. The second kappa shape index (κ2) is 6.65. The maximum Gasteiger partial charge on any atom is 0.277 e. The van der Waals surface area contributed by atoms with Gasteiger partial charge in [0.2, 0.25) is 5.95 Å². The first-order valence-electron chi connectivity index (χ1n) is 8.78. The van der Waals surface area contributed by atoms with Gasteiger partial charge in [0.25, 0.3) is 5.89 Å². The van der Waals surface area contributed by atoms with Crippen LogP contribution in [0.25, 0.3) is 22.7 Å². The lowest BCUT2D eigenvalue weighted by atomic mass is 9.64. The van der Waals surface area contributed by atoms with E-state index in [1.54, 1.807) is 12.4 Å². The molecule has 4 aromatic rings. The molecule has 5 rings (SSSR count). The maximum atomic E-state index is 5.92. The summed E-state index contributed by atoms with van der Waals surface area (Å²) in [5.41, 5.74) is 9.08. The molecule has 3 aromatic heterocycles. The van der Waals surface area contributed by atoms with E-state index in [1.807, 2.05) is 5.38 Å². The number of halogens is 1. The van der Waals surface area contributed by atoms with Crippen LogP contribution < -0.4 is 5.73 Å². The van der Waals surface area contributed by atoms with Gasteiger partial charge in [0.15, 0.2) is 10.3 Å². The van der Waals surface area contributed by atoms with E-state index in [0.717, 1.165) is 30.4 Å². The fourth-order valence-corrected chi connectivity index (χ4v) is 4.25. The van der Waals surface area contributed by atoms with Crippen molar-refractivity contribution in [1.82, 2.24) is 25.1 Å². The lowest BCUT2D eigenvalue weighted by Gasteiger charge is -2.39. The topological polar surface area (TPSA) is 104 Å². The molecule has 28 heavy (non-hydrogen) atoms. The van der Waals surface area contributed by atoms with E-state index in [9.17, 15) is 0 Å². The summed E-state index contributed by atoms with van der Waals surface area (Å²) in [5.74, 6) is 1.37. The van der Waals surface area contributed by atoms with Gasteiger partial charge in [0.05, 0.1) is 5.41 Å². The van der Waals surface area contributed by atoms with Crippen LogP contribution in [0.15, 0.2) is 46.6 Å². The minimum absolute atomic E-state index is 0.224. The molecular formula is C19H15ClN6OS. The van der Waals surface area contributed by atoms with Gasteiger partial charge in [-0.2, -0.15) is 4.98 Å². The first kappa shape index (κ1) is 17.3. The first-order chi connectivity index (χ1) is 13.6. The Morgan fingerprint density at radius 3 is 2.39 bits per heavy atom. The molecule has 2 N–H and O–H groups in total. The Balaban J connectivity index is 1.47. The van der Waals surface area contributed by atoms with Crippen molar-refractivity contribution < 1.29 is 4.52 Å². The lowest BCUT2D eigenvalue weighted by molar-refractivity contribution is 0.273. The third kappa shape index (κ3) is 2.85. The molecular weight excluding hydrogens is 396 g/mol. The van der Waals surface area contributed by atoms with E-state index in [-0.39, 0.29) is 11.4 Å². The van der Waals surface area contributed by atoms with Crippen molar-refractivity contribution in [2.45, 2.75) is 24.7 Å².